The molecule has 0 aliphatic rings. The minimum atomic E-state index is -0.541. The number of benzene rings is 2. The standard InChI is InChI=1S/C20H11ClN2O4/c21-18-11-15(23(25)26)6-8-17(18)19-9-7-16(27-19)10-14(12-22)20(24)13-4-2-1-3-5-13/h1-11H. The summed E-state index contributed by atoms with van der Waals surface area (Å²) in [6, 6.07) is 17.6. The molecule has 7 heteroatoms. The lowest BCUT2D eigenvalue weighted by Gasteiger charge is -2.01. The SMILES string of the molecule is N#CC(=Cc1ccc(-c2ccc([N+](=O)[O-])cc2Cl)o1)C(=O)c1ccccc1. The number of nitrogens with zero attached hydrogens (tertiary/aromatic N) is 2. The lowest BCUT2D eigenvalue weighted by atomic mass is 10.0. The smallest absolute Gasteiger partial charge is 0.270 e. The fourth-order valence-corrected chi connectivity index (χ4v) is 2.70. The summed E-state index contributed by atoms with van der Waals surface area (Å²) >= 11 is 6.09. The molecule has 2 aromatic carbocycles. The van der Waals surface area contributed by atoms with Crippen molar-refractivity contribution in [2.24, 2.45) is 0 Å². The fourth-order valence-electron chi connectivity index (χ4n) is 2.43. The summed E-state index contributed by atoms with van der Waals surface area (Å²) in [6.07, 6.45) is 1.35. The molecule has 0 spiro atoms. The highest BCUT2D eigenvalue weighted by Crippen LogP contribution is 2.32. The van der Waals surface area contributed by atoms with Crippen LogP contribution < -0.4 is 0 Å². The average molecular weight is 379 g/mol. The van der Waals surface area contributed by atoms with Crippen molar-refractivity contribution in [1.29, 1.82) is 5.26 Å². The van der Waals surface area contributed by atoms with E-state index in [0.29, 0.717) is 22.6 Å². The Kier molecular flexibility index (Phi) is 5.15. The van der Waals surface area contributed by atoms with E-state index in [4.69, 9.17) is 16.0 Å². The van der Waals surface area contributed by atoms with Gasteiger partial charge in [-0.3, -0.25) is 14.9 Å². The molecule has 3 aromatic rings. The molecular weight excluding hydrogens is 368 g/mol. The molecule has 0 radical (unpaired) electrons. The Hall–Kier alpha value is -3.69. The number of carbonyl (C=O) groups excluding carboxylic acids is 1. The molecular formula is C20H11ClN2O4. The molecule has 0 atom stereocenters. The summed E-state index contributed by atoms with van der Waals surface area (Å²) in [7, 11) is 0. The summed E-state index contributed by atoms with van der Waals surface area (Å²) in [6.45, 7) is 0. The number of furan rings is 1. The first-order valence-corrected chi connectivity index (χ1v) is 8.13. The first-order valence-electron chi connectivity index (χ1n) is 7.75. The lowest BCUT2D eigenvalue weighted by Crippen LogP contribution is -2.01. The minimum absolute atomic E-state index is 0.0723. The second-order valence-electron chi connectivity index (χ2n) is 5.49. The predicted octanol–water partition coefficient (Wildman–Crippen LogP) is 5.30. The molecule has 0 saturated carbocycles. The molecule has 0 saturated heterocycles. The number of hydrogen-bond donors (Lipinski definition) is 0. The largest absolute Gasteiger partial charge is 0.457 e. The third kappa shape index (κ3) is 3.94. The predicted molar refractivity (Wildman–Crippen MR) is 100 cm³/mol. The van der Waals surface area contributed by atoms with E-state index < -0.39 is 10.7 Å². The molecule has 0 aliphatic heterocycles. The normalized spacial score (nSPS) is 11.0. The van der Waals surface area contributed by atoms with Gasteiger partial charge in [0.2, 0.25) is 5.78 Å². The molecule has 132 valence electrons. The Bertz CT molecular complexity index is 1090. The molecule has 1 aromatic heterocycles. The van der Waals surface area contributed by atoms with Crippen LogP contribution in [0.25, 0.3) is 17.4 Å². The quantitative estimate of drug-likeness (QED) is 0.197. The summed E-state index contributed by atoms with van der Waals surface area (Å²) in [4.78, 5) is 22.6. The minimum Gasteiger partial charge on any atom is -0.457 e. The van der Waals surface area contributed by atoms with Crippen molar-refractivity contribution in [2.45, 2.75) is 0 Å². The van der Waals surface area contributed by atoms with Crippen LogP contribution in [-0.2, 0) is 0 Å². The number of halogens is 1. The van der Waals surface area contributed by atoms with Crippen LogP contribution in [0.5, 0.6) is 0 Å². The van der Waals surface area contributed by atoms with Crippen molar-refractivity contribution in [3.05, 3.63) is 92.7 Å². The summed E-state index contributed by atoms with van der Waals surface area (Å²) < 4.78 is 5.64. The molecule has 0 amide bonds. The van der Waals surface area contributed by atoms with Crippen LogP contribution in [0.15, 0.2) is 70.7 Å². The highest BCUT2D eigenvalue weighted by atomic mass is 35.5. The number of nitro benzene ring substituents is 1. The van der Waals surface area contributed by atoms with Gasteiger partial charge in [-0.2, -0.15) is 5.26 Å². The topological polar surface area (TPSA) is 97.1 Å². The number of nitro groups is 1. The van der Waals surface area contributed by atoms with Crippen molar-refractivity contribution < 1.29 is 14.1 Å². The van der Waals surface area contributed by atoms with Gasteiger partial charge in [0.05, 0.1) is 9.95 Å². The van der Waals surface area contributed by atoms with E-state index in [1.807, 2.05) is 6.07 Å². The molecule has 0 aliphatic carbocycles. The molecule has 0 unspecified atom stereocenters. The van der Waals surface area contributed by atoms with E-state index >= 15 is 0 Å². The van der Waals surface area contributed by atoms with Gasteiger partial charge in [0.25, 0.3) is 5.69 Å². The Morgan fingerprint density at radius 2 is 1.89 bits per heavy atom. The number of nitriles is 1. The fraction of sp³-hybridized carbons (Fsp3) is 0. The number of carbonyl (C=O) groups is 1. The molecule has 3 rings (SSSR count). The Morgan fingerprint density at radius 1 is 1.15 bits per heavy atom. The van der Waals surface area contributed by atoms with Crippen LogP contribution in [-0.4, -0.2) is 10.7 Å². The maximum absolute atomic E-state index is 12.4. The zero-order valence-corrected chi connectivity index (χ0v) is 14.5. The third-order valence-corrected chi connectivity index (χ3v) is 4.06. The zero-order valence-electron chi connectivity index (χ0n) is 13.8. The molecule has 6 nitrogen and oxygen atoms in total. The zero-order chi connectivity index (χ0) is 19.4. The van der Waals surface area contributed by atoms with Gasteiger partial charge in [0, 0.05) is 29.3 Å². The van der Waals surface area contributed by atoms with E-state index in [2.05, 4.69) is 0 Å². The molecule has 0 fully saturated rings. The van der Waals surface area contributed by atoms with Gasteiger partial charge in [-0.1, -0.05) is 41.9 Å². The van der Waals surface area contributed by atoms with Crippen molar-refractivity contribution in [2.75, 3.05) is 0 Å². The van der Waals surface area contributed by atoms with Gasteiger partial charge in [-0.25, -0.2) is 0 Å². The second-order valence-corrected chi connectivity index (χ2v) is 5.90. The molecule has 1 heterocycles. The first kappa shape index (κ1) is 18.1. The van der Waals surface area contributed by atoms with Gasteiger partial charge in [0.1, 0.15) is 23.2 Å². The summed E-state index contributed by atoms with van der Waals surface area (Å²) in [5.41, 5.74) is 0.665. The number of hydrogen-bond acceptors (Lipinski definition) is 5. The van der Waals surface area contributed by atoms with Crippen LogP contribution in [0, 0.1) is 21.4 Å². The number of allylic oxidation sites excluding steroid dienone is 1. The van der Waals surface area contributed by atoms with E-state index in [9.17, 15) is 20.2 Å². The Labute approximate surface area is 159 Å². The maximum atomic E-state index is 12.4. The number of Topliss-reactive ketones (excluding diaryl/α,β-unsaturated/α-hetero) is 1. The highest BCUT2D eigenvalue weighted by Gasteiger charge is 2.15. The third-order valence-electron chi connectivity index (χ3n) is 3.74. The summed E-state index contributed by atoms with van der Waals surface area (Å²) in [5, 5.41) is 20.3. The van der Waals surface area contributed by atoms with Gasteiger partial charge in [-0.05, 0) is 18.2 Å². The molecule has 0 bridgehead atoms. The number of ketones is 1. The van der Waals surface area contributed by atoms with Crippen molar-refractivity contribution in [1.82, 2.24) is 0 Å². The Balaban J connectivity index is 1.91. The van der Waals surface area contributed by atoms with Crippen LogP contribution in [0.2, 0.25) is 5.02 Å². The van der Waals surface area contributed by atoms with E-state index in [1.54, 1.807) is 42.5 Å². The van der Waals surface area contributed by atoms with Crippen LogP contribution in [0.4, 0.5) is 5.69 Å². The summed E-state index contributed by atoms with van der Waals surface area (Å²) in [5.74, 6) is 0.246. The van der Waals surface area contributed by atoms with Gasteiger partial charge < -0.3 is 4.42 Å². The van der Waals surface area contributed by atoms with Crippen molar-refractivity contribution >= 4 is 29.1 Å². The van der Waals surface area contributed by atoms with E-state index in [0.717, 1.165) is 0 Å². The van der Waals surface area contributed by atoms with E-state index in [-0.39, 0.29) is 16.3 Å². The molecule has 27 heavy (non-hydrogen) atoms. The molecule has 0 N–H and O–H groups in total. The van der Waals surface area contributed by atoms with Crippen LogP contribution >= 0.6 is 11.6 Å². The van der Waals surface area contributed by atoms with Crippen LogP contribution in [0.1, 0.15) is 16.1 Å². The van der Waals surface area contributed by atoms with Crippen molar-refractivity contribution in [3.8, 4) is 17.4 Å². The van der Waals surface area contributed by atoms with Gasteiger partial charge in [-0.15, -0.1) is 0 Å². The van der Waals surface area contributed by atoms with Gasteiger partial charge in [0.15, 0.2) is 0 Å². The number of rotatable bonds is 5. The Morgan fingerprint density at radius 3 is 2.52 bits per heavy atom. The van der Waals surface area contributed by atoms with Crippen molar-refractivity contribution in [3.63, 3.8) is 0 Å². The number of non-ortho nitro benzene ring substituents is 1. The van der Waals surface area contributed by atoms with E-state index in [1.165, 1.54) is 24.3 Å². The second kappa shape index (κ2) is 7.68. The average Bonchev–Trinajstić information content (AvgIpc) is 3.14. The van der Waals surface area contributed by atoms with Gasteiger partial charge >= 0.3 is 0 Å². The monoisotopic (exact) mass is 378 g/mol. The lowest BCUT2D eigenvalue weighted by molar-refractivity contribution is -0.384. The maximum Gasteiger partial charge on any atom is 0.270 e. The van der Waals surface area contributed by atoms with Crippen LogP contribution in [0.3, 0.4) is 0 Å². The highest BCUT2D eigenvalue weighted by molar-refractivity contribution is 6.33. The first-order chi connectivity index (χ1) is 13.0.